The number of halogens is 4. The Morgan fingerprint density at radius 3 is 2.23 bits per heavy atom. The van der Waals surface area contributed by atoms with E-state index in [2.05, 4.69) is 6.92 Å². The van der Waals surface area contributed by atoms with Crippen molar-refractivity contribution in [1.29, 1.82) is 0 Å². The number of aryl methyl sites for hydroxylation is 1. The number of hydrogen-bond acceptors (Lipinski definition) is 2. The van der Waals surface area contributed by atoms with E-state index in [0.717, 1.165) is 38.2 Å². The van der Waals surface area contributed by atoms with E-state index in [1.165, 1.54) is 36.4 Å². The molecule has 30 heavy (non-hydrogen) atoms. The Labute approximate surface area is 172 Å². The van der Waals surface area contributed by atoms with Gasteiger partial charge in [0.05, 0.1) is 5.56 Å². The van der Waals surface area contributed by atoms with Crippen LogP contribution in [0.15, 0.2) is 42.5 Å². The zero-order valence-corrected chi connectivity index (χ0v) is 16.6. The van der Waals surface area contributed by atoms with Crippen molar-refractivity contribution >= 4 is 16.7 Å². The van der Waals surface area contributed by atoms with Crippen LogP contribution >= 0.6 is 0 Å². The van der Waals surface area contributed by atoms with Gasteiger partial charge in [0.1, 0.15) is 0 Å². The first-order chi connectivity index (χ1) is 14.4. The molecule has 2 nitrogen and oxygen atoms in total. The summed E-state index contributed by atoms with van der Waals surface area (Å²) in [5, 5.41) is 0.259. The second kappa shape index (κ2) is 9.74. The second-order valence-electron chi connectivity index (χ2n) is 7.24. The summed E-state index contributed by atoms with van der Waals surface area (Å²) in [5.74, 6) is -5.73. The van der Waals surface area contributed by atoms with E-state index < -0.39 is 35.0 Å². The number of esters is 1. The predicted molar refractivity (Wildman–Crippen MR) is 108 cm³/mol. The quantitative estimate of drug-likeness (QED) is 0.168. The van der Waals surface area contributed by atoms with E-state index in [0.29, 0.717) is 12.0 Å². The van der Waals surface area contributed by atoms with Crippen LogP contribution in [0.2, 0.25) is 0 Å². The highest BCUT2D eigenvalue weighted by Crippen LogP contribution is 2.27. The van der Waals surface area contributed by atoms with Crippen molar-refractivity contribution in [1.82, 2.24) is 0 Å². The minimum absolute atomic E-state index is 0.00722. The minimum atomic E-state index is -1.03. The van der Waals surface area contributed by atoms with Crippen LogP contribution in [-0.4, -0.2) is 5.97 Å². The van der Waals surface area contributed by atoms with Gasteiger partial charge in [-0.25, -0.2) is 22.4 Å². The van der Waals surface area contributed by atoms with Gasteiger partial charge in [-0.15, -0.1) is 0 Å². The van der Waals surface area contributed by atoms with Crippen molar-refractivity contribution in [3.63, 3.8) is 0 Å². The molecule has 3 aromatic rings. The smallest absolute Gasteiger partial charge is 0.343 e. The topological polar surface area (TPSA) is 26.3 Å². The van der Waals surface area contributed by atoms with E-state index in [4.69, 9.17) is 4.74 Å². The Balaban J connectivity index is 1.73. The average molecular weight is 418 g/mol. The van der Waals surface area contributed by atoms with Gasteiger partial charge in [-0.05, 0) is 54.1 Å². The standard InChI is InChI=1S/C24H22F4O2/c1-2-3-4-5-6-7-15-12-20(26)23(21(27)13-15)30-24(29)17-8-10-18-16(14-17)9-11-19(25)22(18)28/h8-14H,2-7H2,1H3. The third-order valence-corrected chi connectivity index (χ3v) is 4.96. The number of benzene rings is 3. The zero-order chi connectivity index (χ0) is 21.7. The van der Waals surface area contributed by atoms with Crippen LogP contribution in [0.5, 0.6) is 5.75 Å². The Bertz CT molecular complexity index is 1040. The Hall–Kier alpha value is -2.89. The molecule has 0 bridgehead atoms. The maximum atomic E-state index is 14.4. The van der Waals surface area contributed by atoms with Gasteiger partial charge in [0.25, 0.3) is 0 Å². The van der Waals surface area contributed by atoms with Crippen molar-refractivity contribution in [3.8, 4) is 5.75 Å². The molecule has 0 saturated carbocycles. The molecule has 0 spiro atoms. The summed E-state index contributed by atoms with van der Waals surface area (Å²) >= 11 is 0. The van der Waals surface area contributed by atoms with Gasteiger partial charge in [-0.3, -0.25) is 0 Å². The SMILES string of the molecule is CCCCCCCc1cc(F)c(OC(=O)c2ccc3c(F)c(F)ccc3c2)c(F)c1. The number of carbonyl (C=O) groups is 1. The second-order valence-corrected chi connectivity index (χ2v) is 7.24. The molecule has 0 atom stereocenters. The molecule has 0 saturated heterocycles. The van der Waals surface area contributed by atoms with Crippen LogP contribution < -0.4 is 4.74 Å². The molecule has 6 heteroatoms. The summed E-state index contributed by atoms with van der Waals surface area (Å²) in [4.78, 5) is 12.3. The van der Waals surface area contributed by atoms with Crippen LogP contribution in [0.1, 0.15) is 54.9 Å². The summed E-state index contributed by atoms with van der Waals surface area (Å²) in [6, 6.07) is 8.30. The monoisotopic (exact) mass is 418 g/mol. The molecule has 0 radical (unpaired) electrons. The molecule has 0 fully saturated rings. The van der Waals surface area contributed by atoms with Crippen LogP contribution in [0, 0.1) is 23.3 Å². The van der Waals surface area contributed by atoms with E-state index in [-0.39, 0.29) is 16.3 Å². The molecule has 3 rings (SSSR count). The van der Waals surface area contributed by atoms with Crippen LogP contribution in [0.25, 0.3) is 10.8 Å². The Morgan fingerprint density at radius 1 is 0.833 bits per heavy atom. The van der Waals surface area contributed by atoms with Crippen molar-refractivity contribution < 1.29 is 27.1 Å². The van der Waals surface area contributed by atoms with Gasteiger partial charge < -0.3 is 4.74 Å². The number of carbonyl (C=O) groups excluding carboxylic acids is 1. The lowest BCUT2D eigenvalue weighted by molar-refractivity contribution is 0.0720. The zero-order valence-electron chi connectivity index (χ0n) is 16.6. The molecular formula is C24H22F4O2. The van der Waals surface area contributed by atoms with Crippen LogP contribution in [-0.2, 0) is 6.42 Å². The fourth-order valence-electron chi connectivity index (χ4n) is 3.33. The molecule has 0 amide bonds. The van der Waals surface area contributed by atoms with E-state index in [1.807, 2.05) is 0 Å². The summed E-state index contributed by atoms with van der Waals surface area (Å²) in [6.07, 6.45) is 5.69. The fourth-order valence-corrected chi connectivity index (χ4v) is 3.33. The van der Waals surface area contributed by atoms with Crippen molar-refractivity contribution in [2.45, 2.75) is 45.4 Å². The van der Waals surface area contributed by atoms with E-state index in [9.17, 15) is 22.4 Å². The molecular weight excluding hydrogens is 396 g/mol. The summed E-state index contributed by atoms with van der Waals surface area (Å²) < 4.78 is 60.7. The van der Waals surface area contributed by atoms with Crippen molar-refractivity contribution in [2.24, 2.45) is 0 Å². The van der Waals surface area contributed by atoms with Gasteiger partial charge >= 0.3 is 5.97 Å². The summed E-state index contributed by atoms with van der Waals surface area (Å²) in [5.41, 5.74) is 0.469. The van der Waals surface area contributed by atoms with Crippen molar-refractivity contribution in [3.05, 3.63) is 76.9 Å². The molecule has 0 aliphatic rings. The molecule has 3 aromatic carbocycles. The van der Waals surface area contributed by atoms with Gasteiger partial charge in [0, 0.05) is 5.39 Å². The highest BCUT2D eigenvalue weighted by molar-refractivity contribution is 5.96. The Kier molecular flexibility index (Phi) is 7.08. The maximum absolute atomic E-state index is 14.4. The molecule has 0 N–H and O–H groups in total. The molecule has 0 unspecified atom stereocenters. The lowest BCUT2D eigenvalue weighted by atomic mass is 10.0. The third-order valence-electron chi connectivity index (χ3n) is 4.96. The Morgan fingerprint density at radius 2 is 1.53 bits per heavy atom. The van der Waals surface area contributed by atoms with E-state index >= 15 is 0 Å². The first kappa shape index (κ1) is 21.8. The van der Waals surface area contributed by atoms with Gasteiger partial charge in [0.15, 0.2) is 23.3 Å². The molecule has 158 valence electrons. The van der Waals surface area contributed by atoms with Crippen molar-refractivity contribution in [2.75, 3.05) is 0 Å². The molecule has 0 aromatic heterocycles. The number of unbranched alkanes of at least 4 members (excludes halogenated alkanes) is 4. The highest BCUT2D eigenvalue weighted by Gasteiger charge is 2.19. The molecule has 0 heterocycles. The predicted octanol–water partition coefficient (Wildman–Crippen LogP) is 7.13. The maximum Gasteiger partial charge on any atom is 0.343 e. The van der Waals surface area contributed by atoms with Gasteiger partial charge in [-0.1, -0.05) is 44.7 Å². The van der Waals surface area contributed by atoms with Crippen LogP contribution in [0.3, 0.4) is 0 Å². The number of rotatable bonds is 8. The summed E-state index contributed by atoms with van der Waals surface area (Å²) in [7, 11) is 0. The number of ether oxygens (including phenoxy) is 1. The first-order valence-electron chi connectivity index (χ1n) is 9.98. The lowest BCUT2D eigenvalue weighted by Gasteiger charge is -2.10. The van der Waals surface area contributed by atoms with E-state index in [1.54, 1.807) is 0 Å². The fraction of sp³-hybridized carbons (Fsp3) is 0.292. The molecule has 0 aliphatic carbocycles. The number of fused-ring (bicyclic) bond motifs is 1. The van der Waals surface area contributed by atoms with Gasteiger partial charge in [0.2, 0.25) is 5.75 Å². The largest absolute Gasteiger partial charge is 0.417 e. The minimum Gasteiger partial charge on any atom is -0.417 e. The first-order valence-corrected chi connectivity index (χ1v) is 9.98. The summed E-state index contributed by atoms with van der Waals surface area (Å²) in [6.45, 7) is 2.11. The molecule has 0 aliphatic heterocycles. The average Bonchev–Trinajstić information content (AvgIpc) is 2.73. The third kappa shape index (κ3) is 4.99. The lowest BCUT2D eigenvalue weighted by Crippen LogP contribution is -2.11. The number of hydrogen-bond donors (Lipinski definition) is 0. The normalized spacial score (nSPS) is 11.1. The van der Waals surface area contributed by atoms with Crippen LogP contribution in [0.4, 0.5) is 17.6 Å². The highest BCUT2D eigenvalue weighted by atomic mass is 19.2. The van der Waals surface area contributed by atoms with Gasteiger partial charge in [-0.2, -0.15) is 0 Å².